The zero-order valence-electron chi connectivity index (χ0n) is 7.83. The topological polar surface area (TPSA) is 25.2 Å². The number of nitrogens with zero attached hydrogens (tertiary/aromatic N) is 2. The van der Waals surface area contributed by atoms with Crippen LogP contribution in [0.5, 0.6) is 0 Å². The minimum absolute atomic E-state index is 0.0715. The molecule has 0 bridgehead atoms. The average Bonchev–Trinajstić information content (AvgIpc) is 2.06. The lowest BCUT2D eigenvalue weighted by Gasteiger charge is -2.10. The highest BCUT2D eigenvalue weighted by Gasteiger charge is 1.96. The molecule has 0 aliphatic carbocycles. The van der Waals surface area contributed by atoms with Crippen LogP contribution in [0.1, 0.15) is 0 Å². The van der Waals surface area contributed by atoms with Crippen molar-refractivity contribution in [2.45, 2.75) is 6.54 Å². The molecule has 0 saturated heterocycles. The summed E-state index contributed by atoms with van der Waals surface area (Å²) < 4.78 is 2.83. The van der Waals surface area contributed by atoms with Gasteiger partial charge in [-0.3, -0.25) is 4.79 Å². The fraction of sp³-hybridized carbons (Fsp3) is 0.444. The summed E-state index contributed by atoms with van der Waals surface area (Å²) in [5.41, 5.74) is 0.0715. The molecule has 0 atom stereocenters. The van der Waals surface area contributed by atoms with E-state index < -0.39 is 0 Å². The first kappa shape index (κ1) is 10.7. The third kappa shape index (κ3) is 3.48. The van der Waals surface area contributed by atoms with Crippen LogP contribution in [0.4, 0.5) is 0 Å². The van der Waals surface area contributed by atoms with Crippen LogP contribution < -0.4 is 5.56 Å². The molecule has 0 aliphatic rings. The Morgan fingerprint density at radius 3 is 2.77 bits per heavy atom. The third-order valence-electron chi connectivity index (χ3n) is 1.74. The first-order chi connectivity index (χ1) is 6.09. The molecule has 13 heavy (non-hydrogen) atoms. The number of hydrogen-bond donors (Lipinski definition) is 0. The van der Waals surface area contributed by atoms with Crippen molar-refractivity contribution in [2.24, 2.45) is 0 Å². The Balaban J connectivity index is 2.76. The van der Waals surface area contributed by atoms with Gasteiger partial charge in [-0.05, 0) is 42.8 Å². The summed E-state index contributed by atoms with van der Waals surface area (Å²) in [5, 5.41) is 0. The van der Waals surface area contributed by atoms with Crippen LogP contribution in [-0.2, 0) is 6.54 Å². The Bertz CT molecular complexity index is 333. The molecule has 72 valence electrons. The predicted molar refractivity (Wildman–Crippen MR) is 62.0 cm³/mol. The summed E-state index contributed by atoms with van der Waals surface area (Å²) in [6.07, 6.45) is 1.88. The number of hydrogen-bond acceptors (Lipinski definition) is 2. The van der Waals surface area contributed by atoms with Crippen LogP contribution in [-0.4, -0.2) is 30.1 Å². The van der Waals surface area contributed by atoms with Crippen molar-refractivity contribution in [3.8, 4) is 0 Å². The maximum Gasteiger partial charge on any atom is 0.250 e. The number of aromatic nitrogens is 1. The zero-order valence-corrected chi connectivity index (χ0v) is 9.98. The number of halogens is 1. The number of rotatable bonds is 3. The van der Waals surface area contributed by atoms with E-state index in [0.717, 1.165) is 16.7 Å². The summed E-state index contributed by atoms with van der Waals surface area (Å²) >= 11 is 2.21. The quantitative estimate of drug-likeness (QED) is 0.777. The molecule has 1 rings (SSSR count). The summed E-state index contributed by atoms with van der Waals surface area (Å²) in [5.74, 6) is 0. The van der Waals surface area contributed by atoms with Gasteiger partial charge in [-0.15, -0.1) is 0 Å². The Hall–Kier alpha value is -0.360. The van der Waals surface area contributed by atoms with Crippen molar-refractivity contribution in [3.05, 3.63) is 32.3 Å². The lowest BCUT2D eigenvalue weighted by molar-refractivity contribution is 0.380. The van der Waals surface area contributed by atoms with Gasteiger partial charge in [-0.1, -0.05) is 0 Å². The minimum atomic E-state index is 0.0715. The molecule has 0 aliphatic heterocycles. The molecule has 1 aromatic heterocycles. The lowest BCUT2D eigenvalue weighted by Crippen LogP contribution is -2.25. The molecule has 0 saturated carbocycles. The van der Waals surface area contributed by atoms with Crippen LogP contribution in [0.3, 0.4) is 0 Å². The predicted octanol–water partition coefficient (Wildman–Crippen LogP) is 1.01. The fourth-order valence-electron chi connectivity index (χ4n) is 0.985. The van der Waals surface area contributed by atoms with Gasteiger partial charge < -0.3 is 9.47 Å². The van der Waals surface area contributed by atoms with E-state index in [0.29, 0.717) is 0 Å². The van der Waals surface area contributed by atoms with Crippen molar-refractivity contribution in [3.63, 3.8) is 0 Å². The molecule has 0 radical (unpaired) electrons. The van der Waals surface area contributed by atoms with Crippen LogP contribution in [0.25, 0.3) is 0 Å². The average molecular weight is 292 g/mol. The molecule has 0 N–H and O–H groups in total. The molecule has 0 unspecified atom stereocenters. The molecule has 0 amide bonds. The lowest BCUT2D eigenvalue weighted by atomic mass is 10.4. The van der Waals surface area contributed by atoms with Crippen molar-refractivity contribution in [1.82, 2.24) is 9.47 Å². The maximum atomic E-state index is 11.3. The smallest absolute Gasteiger partial charge is 0.250 e. The van der Waals surface area contributed by atoms with E-state index in [1.54, 1.807) is 10.6 Å². The van der Waals surface area contributed by atoms with Crippen molar-refractivity contribution >= 4 is 22.6 Å². The van der Waals surface area contributed by atoms with E-state index in [-0.39, 0.29) is 5.56 Å². The number of pyridine rings is 1. The van der Waals surface area contributed by atoms with E-state index in [1.165, 1.54) is 0 Å². The molecule has 3 nitrogen and oxygen atoms in total. The van der Waals surface area contributed by atoms with Gasteiger partial charge >= 0.3 is 0 Å². The monoisotopic (exact) mass is 292 g/mol. The Kier molecular flexibility index (Phi) is 3.92. The van der Waals surface area contributed by atoms with E-state index >= 15 is 0 Å². The van der Waals surface area contributed by atoms with Crippen molar-refractivity contribution in [2.75, 3.05) is 20.6 Å². The van der Waals surface area contributed by atoms with Crippen LogP contribution in [0, 0.1) is 3.57 Å². The zero-order chi connectivity index (χ0) is 9.84. The van der Waals surface area contributed by atoms with Gasteiger partial charge in [0.05, 0.1) is 0 Å². The Morgan fingerprint density at radius 1 is 1.46 bits per heavy atom. The highest BCUT2D eigenvalue weighted by molar-refractivity contribution is 14.1. The SMILES string of the molecule is CN(C)CCn1cc(I)ccc1=O. The molecule has 1 aromatic rings. The van der Waals surface area contributed by atoms with E-state index in [2.05, 4.69) is 27.5 Å². The molecule has 0 spiro atoms. The molecular weight excluding hydrogens is 279 g/mol. The highest BCUT2D eigenvalue weighted by Crippen LogP contribution is 1.99. The molecule has 4 heteroatoms. The normalized spacial score (nSPS) is 10.8. The summed E-state index contributed by atoms with van der Waals surface area (Å²) in [4.78, 5) is 13.4. The van der Waals surface area contributed by atoms with E-state index in [4.69, 9.17) is 0 Å². The van der Waals surface area contributed by atoms with E-state index in [1.807, 2.05) is 26.4 Å². The second-order valence-corrected chi connectivity index (χ2v) is 4.43. The number of likely N-dealkylation sites (N-methyl/N-ethyl adjacent to an activating group) is 1. The van der Waals surface area contributed by atoms with Gasteiger partial charge in [0.1, 0.15) is 0 Å². The first-order valence-corrected chi connectivity index (χ1v) is 5.18. The third-order valence-corrected chi connectivity index (χ3v) is 2.37. The van der Waals surface area contributed by atoms with Gasteiger partial charge in [0, 0.05) is 28.9 Å². The minimum Gasteiger partial charge on any atom is -0.313 e. The van der Waals surface area contributed by atoms with E-state index in [9.17, 15) is 4.79 Å². The summed E-state index contributed by atoms with van der Waals surface area (Å²) in [6.45, 7) is 1.64. The van der Waals surface area contributed by atoms with Crippen molar-refractivity contribution < 1.29 is 0 Å². The largest absolute Gasteiger partial charge is 0.313 e. The summed E-state index contributed by atoms with van der Waals surface area (Å²) in [6, 6.07) is 3.44. The fourth-order valence-corrected chi connectivity index (χ4v) is 1.50. The van der Waals surface area contributed by atoms with Crippen LogP contribution in [0.2, 0.25) is 0 Å². The summed E-state index contributed by atoms with van der Waals surface area (Å²) in [7, 11) is 4.00. The van der Waals surface area contributed by atoms with Gasteiger partial charge in [0.25, 0.3) is 5.56 Å². The molecular formula is C9H13IN2O. The van der Waals surface area contributed by atoms with Gasteiger partial charge in [0.15, 0.2) is 0 Å². The van der Waals surface area contributed by atoms with Gasteiger partial charge in [-0.2, -0.15) is 0 Å². The molecule has 1 heterocycles. The Labute approximate surface area is 91.5 Å². The van der Waals surface area contributed by atoms with Crippen LogP contribution in [0.15, 0.2) is 23.1 Å². The second kappa shape index (κ2) is 4.76. The highest BCUT2D eigenvalue weighted by atomic mass is 127. The second-order valence-electron chi connectivity index (χ2n) is 3.18. The maximum absolute atomic E-state index is 11.3. The molecule has 0 fully saturated rings. The van der Waals surface area contributed by atoms with Gasteiger partial charge in [-0.25, -0.2) is 0 Å². The first-order valence-electron chi connectivity index (χ1n) is 4.10. The Morgan fingerprint density at radius 2 is 2.15 bits per heavy atom. The molecule has 0 aromatic carbocycles. The van der Waals surface area contributed by atoms with Gasteiger partial charge in [0.2, 0.25) is 0 Å². The van der Waals surface area contributed by atoms with Crippen LogP contribution >= 0.6 is 22.6 Å². The van der Waals surface area contributed by atoms with Crippen molar-refractivity contribution in [1.29, 1.82) is 0 Å². The standard InChI is InChI=1S/C9H13IN2O/c1-11(2)5-6-12-7-8(10)3-4-9(12)13/h3-4,7H,5-6H2,1-2H3.